The fraction of sp³-hybridized carbons (Fsp3) is 0.320. The van der Waals surface area contributed by atoms with Crippen LogP contribution >= 0.6 is 0 Å². The van der Waals surface area contributed by atoms with Crippen molar-refractivity contribution in [2.45, 2.75) is 51.2 Å². The van der Waals surface area contributed by atoms with E-state index in [0.29, 0.717) is 11.8 Å². The maximum absolute atomic E-state index is 13.1. The summed E-state index contributed by atoms with van der Waals surface area (Å²) in [5.74, 6) is -2.28. The molecule has 0 spiro atoms. The van der Waals surface area contributed by atoms with E-state index in [0.717, 1.165) is 5.56 Å². The Kier molecular flexibility index (Phi) is 10.6. The van der Waals surface area contributed by atoms with Crippen molar-refractivity contribution >= 4 is 29.7 Å². The summed E-state index contributed by atoms with van der Waals surface area (Å²) in [6.45, 7) is 1.77. The minimum atomic E-state index is -1.06. The van der Waals surface area contributed by atoms with Crippen molar-refractivity contribution < 1.29 is 23.6 Å². The first-order valence-corrected chi connectivity index (χ1v) is 11.0. The van der Waals surface area contributed by atoms with Crippen LogP contribution in [0.2, 0.25) is 0 Å². The summed E-state index contributed by atoms with van der Waals surface area (Å²) >= 11 is 0. The van der Waals surface area contributed by atoms with Gasteiger partial charge in [0.15, 0.2) is 5.78 Å². The molecular weight excluding hydrogens is 439 g/mol. The zero-order valence-electron chi connectivity index (χ0n) is 19.0. The van der Waals surface area contributed by atoms with Gasteiger partial charge in [-0.3, -0.25) is 19.2 Å². The summed E-state index contributed by atoms with van der Waals surface area (Å²) in [6, 6.07) is 12.8. The normalized spacial score (nSPS) is 12.2. The van der Waals surface area contributed by atoms with Crippen LogP contribution in [-0.2, 0) is 32.1 Å². The molecule has 9 heteroatoms. The molecule has 2 aromatic rings. The van der Waals surface area contributed by atoms with Gasteiger partial charge >= 0.3 is 0 Å². The molecule has 2 rings (SSSR count). The third-order valence-corrected chi connectivity index (χ3v) is 5.11. The zero-order chi connectivity index (χ0) is 24.9. The van der Waals surface area contributed by atoms with Crippen LogP contribution in [0, 0.1) is 11.2 Å². The number of nitrogens with one attached hydrogen (secondary N) is 4. The molecule has 4 N–H and O–H groups in total. The van der Waals surface area contributed by atoms with Crippen LogP contribution in [0.3, 0.4) is 0 Å². The molecule has 0 bridgehead atoms. The average molecular weight is 469 g/mol. The van der Waals surface area contributed by atoms with Gasteiger partial charge in [0, 0.05) is 25.8 Å². The van der Waals surface area contributed by atoms with E-state index in [1.807, 2.05) is 30.3 Å². The van der Waals surface area contributed by atoms with Crippen molar-refractivity contribution in [1.29, 1.82) is 5.41 Å². The lowest BCUT2D eigenvalue weighted by Crippen LogP contribution is -2.54. The standard InChI is InChI=1S/C25H29FN4O4/c1-2-23(32)29-22(14-17-6-4-3-5-7-17)25(34)30-21(13-12-20(31)15-27)24(33)28-16-18-8-10-19(26)11-9-18/h3-11,15,21-22,27H,2,12-14,16H2,1H3,(H,28,33)(H,29,32)(H,30,34)/t21-,22-/m0/s1. The Morgan fingerprint density at radius 2 is 1.59 bits per heavy atom. The molecule has 0 aliphatic heterocycles. The van der Waals surface area contributed by atoms with Crippen LogP contribution in [0.5, 0.6) is 0 Å². The summed E-state index contributed by atoms with van der Waals surface area (Å²) in [4.78, 5) is 49.5. The lowest BCUT2D eigenvalue weighted by molar-refractivity contribution is -0.132. The summed E-state index contributed by atoms with van der Waals surface area (Å²) in [5, 5.41) is 15.1. The van der Waals surface area contributed by atoms with Gasteiger partial charge in [0.2, 0.25) is 17.7 Å². The van der Waals surface area contributed by atoms with Crippen molar-refractivity contribution in [2.75, 3.05) is 0 Å². The van der Waals surface area contributed by atoms with Crippen LogP contribution in [0.1, 0.15) is 37.3 Å². The van der Waals surface area contributed by atoms with Gasteiger partial charge in [-0.1, -0.05) is 49.4 Å². The van der Waals surface area contributed by atoms with Gasteiger partial charge in [-0.05, 0) is 29.7 Å². The van der Waals surface area contributed by atoms with Gasteiger partial charge in [0.25, 0.3) is 0 Å². The number of hydrogen-bond acceptors (Lipinski definition) is 5. The van der Waals surface area contributed by atoms with E-state index in [9.17, 15) is 23.6 Å². The SMILES string of the molecule is CCC(=O)N[C@@H](Cc1ccccc1)C(=O)N[C@@H](CCC(=O)C=N)C(=O)NCc1ccc(F)cc1. The van der Waals surface area contributed by atoms with Gasteiger partial charge in [0.1, 0.15) is 17.9 Å². The van der Waals surface area contributed by atoms with Crippen LogP contribution in [0.15, 0.2) is 54.6 Å². The number of benzene rings is 2. The number of halogens is 1. The highest BCUT2D eigenvalue weighted by molar-refractivity contribution is 6.26. The van der Waals surface area contributed by atoms with Gasteiger partial charge in [-0.15, -0.1) is 0 Å². The third kappa shape index (κ3) is 8.93. The minimum absolute atomic E-state index is 0.0189. The Labute approximate surface area is 197 Å². The number of Topliss-reactive ketones (excluding diaryl/α,β-unsaturated/α-hetero) is 1. The molecule has 0 heterocycles. The molecule has 0 radical (unpaired) electrons. The van der Waals surface area contributed by atoms with Crippen LogP contribution in [-0.4, -0.2) is 41.8 Å². The molecule has 0 saturated carbocycles. The average Bonchev–Trinajstić information content (AvgIpc) is 2.85. The Balaban J connectivity index is 2.12. The molecule has 2 atom stereocenters. The summed E-state index contributed by atoms with van der Waals surface area (Å²) in [5.41, 5.74) is 1.49. The molecule has 8 nitrogen and oxygen atoms in total. The van der Waals surface area contributed by atoms with E-state index in [4.69, 9.17) is 5.41 Å². The highest BCUT2D eigenvalue weighted by Gasteiger charge is 2.27. The maximum Gasteiger partial charge on any atom is 0.243 e. The lowest BCUT2D eigenvalue weighted by Gasteiger charge is -2.23. The van der Waals surface area contributed by atoms with E-state index in [2.05, 4.69) is 16.0 Å². The van der Waals surface area contributed by atoms with E-state index < -0.39 is 35.5 Å². The molecule has 0 saturated heterocycles. The minimum Gasteiger partial charge on any atom is -0.350 e. The van der Waals surface area contributed by atoms with Gasteiger partial charge in [-0.2, -0.15) is 0 Å². The molecule has 2 aromatic carbocycles. The van der Waals surface area contributed by atoms with Crippen molar-refractivity contribution in [1.82, 2.24) is 16.0 Å². The molecule has 0 aromatic heterocycles. The monoisotopic (exact) mass is 468 g/mol. The van der Waals surface area contributed by atoms with Crippen molar-refractivity contribution in [2.24, 2.45) is 0 Å². The Hall–Kier alpha value is -3.88. The van der Waals surface area contributed by atoms with Crippen molar-refractivity contribution in [3.8, 4) is 0 Å². The van der Waals surface area contributed by atoms with E-state index in [-0.39, 0.29) is 38.1 Å². The van der Waals surface area contributed by atoms with Crippen molar-refractivity contribution in [3.63, 3.8) is 0 Å². The van der Waals surface area contributed by atoms with E-state index >= 15 is 0 Å². The number of rotatable bonds is 13. The van der Waals surface area contributed by atoms with Gasteiger partial charge < -0.3 is 21.4 Å². The Morgan fingerprint density at radius 1 is 0.912 bits per heavy atom. The fourth-order valence-corrected chi connectivity index (χ4v) is 3.17. The number of carbonyl (C=O) groups excluding carboxylic acids is 4. The second-order valence-electron chi connectivity index (χ2n) is 7.72. The Morgan fingerprint density at radius 3 is 2.21 bits per heavy atom. The second-order valence-corrected chi connectivity index (χ2v) is 7.72. The largest absolute Gasteiger partial charge is 0.350 e. The third-order valence-electron chi connectivity index (χ3n) is 5.11. The number of hydrogen-bond donors (Lipinski definition) is 4. The molecule has 0 aliphatic carbocycles. The molecule has 180 valence electrons. The predicted molar refractivity (Wildman–Crippen MR) is 126 cm³/mol. The quantitative estimate of drug-likeness (QED) is 0.336. The fourth-order valence-electron chi connectivity index (χ4n) is 3.17. The number of carbonyl (C=O) groups is 4. The Bertz CT molecular complexity index is 996. The first kappa shape index (κ1) is 26.4. The second kappa shape index (κ2) is 13.6. The number of amides is 3. The van der Waals surface area contributed by atoms with E-state index in [1.165, 1.54) is 24.3 Å². The summed E-state index contributed by atoms with van der Waals surface area (Å²) in [7, 11) is 0. The maximum atomic E-state index is 13.1. The molecule has 0 unspecified atom stereocenters. The molecule has 0 fully saturated rings. The number of ketones is 1. The van der Waals surface area contributed by atoms with Gasteiger partial charge in [-0.25, -0.2) is 4.39 Å². The summed E-state index contributed by atoms with van der Waals surface area (Å²) < 4.78 is 13.1. The highest BCUT2D eigenvalue weighted by Crippen LogP contribution is 2.07. The summed E-state index contributed by atoms with van der Waals surface area (Å²) in [6.07, 6.45) is 0.947. The molecule has 3 amide bonds. The smallest absolute Gasteiger partial charge is 0.243 e. The first-order chi connectivity index (χ1) is 16.3. The lowest BCUT2D eigenvalue weighted by atomic mass is 10.0. The first-order valence-electron chi connectivity index (χ1n) is 11.0. The van der Waals surface area contributed by atoms with Crippen molar-refractivity contribution in [3.05, 3.63) is 71.5 Å². The van der Waals surface area contributed by atoms with Crippen LogP contribution in [0.4, 0.5) is 4.39 Å². The van der Waals surface area contributed by atoms with E-state index in [1.54, 1.807) is 6.92 Å². The predicted octanol–water partition coefficient (Wildman–Crippen LogP) is 2.06. The van der Waals surface area contributed by atoms with Crippen LogP contribution in [0.25, 0.3) is 0 Å². The molecular formula is C25H29FN4O4. The molecule has 0 aliphatic rings. The zero-order valence-corrected chi connectivity index (χ0v) is 19.0. The van der Waals surface area contributed by atoms with Gasteiger partial charge in [0.05, 0.1) is 6.21 Å². The highest BCUT2D eigenvalue weighted by atomic mass is 19.1. The van der Waals surface area contributed by atoms with Crippen LogP contribution < -0.4 is 16.0 Å². The topological polar surface area (TPSA) is 128 Å². The molecule has 34 heavy (non-hydrogen) atoms.